The number of thiol groups is 1. The number of rotatable bonds is 8. The Kier molecular flexibility index (Phi) is 11.3. The molecule has 0 bridgehead atoms. The van der Waals surface area contributed by atoms with Crippen LogP contribution in [0.25, 0.3) is 34.0 Å². The average molecular weight is 625 g/mol. The van der Waals surface area contributed by atoms with E-state index in [0.29, 0.717) is 35.9 Å². The molecular weight excluding hydrogens is 584 g/mol. The standard InChI is InChI=1S/C32H30N6O3.C2H6.CH4S/c1-4-7-28-27(30(39)37(31-33-19-34-38(28)31)24-16-14-22(15-17-24)20(2)3)18-21-10-12-23(13-11-21)25-8-5-6-9-26(25)29-35-32(40)41-36-29;2*1-2/h5-6,8-17,19-20H,4,7,18H2,1-3H3,(H,35,36,40);1-2H3;2H,1H3. The smallest absolute Gasteiger partial charge is 0.296 e. The molecule has 9 nitrogen and oxygen atoms in total. The number of nitrogens with one attached hydrogen (secondary N) is 1. The van der Waals surface area contributed by atoms with Crippen molar-refractivity contribution in [3.63, 3.8) is 0 Å². The van der Waals surface area contributed by atoms with Gasteiger partial charge in [-0.25, -0.2) is 13.9 Å². The van der Waals surface area contributed by atoms with Crippen molar-refractivity contribution in [2.45, 2.75) is 59.8 Å². The molecule has 0 radical (unpaired) electrons. The number of benzene rings is 3. The first-order valence-corrected chi connectivity index (χ1v) is 16.1. The third-order valence-corrected chi connectivity index (χ3v) is 7.37. The number of nitrogens with zero attached hydrogens (tertiary/aromatic N) is 5. The minimum atomic E-state index is -0.598. The lowest BCUT2D eigenvalue weighted by molar-refractivity contribution is 0.388. The molecule has 3 aromatic heterocycles. The molecule has 45 heavy (non-hydrogen) atoms. The Morgan fingerprint density at radius 2 is 1.58 bits per heavy atom. The molecule has 234 valence electrons. The monoisotopic (exact) mass is 624 g/mol. The number of fused-ring (bicyclic) bond motifs is 1. The molecule has 0 aliphatic rings. The van der Waals surface area contributed by atoms with Gasteiger partial charge in [0.15, 0.2) is 5.82 Å². The zero-order valence-electron chi connectivity index (χ0n) is 26.6. The lowest BCUT2D eigenvalue weighted by atomic mass is 9.96. The lowest BCUT2D eigenvalue weighted by Crippen LogP contribution is -2.28. The second-order valence-electron chi connectivity index (χ2n) is 10.4. The van der Waals surface area contributed by atoms with Gasteiger partial charge in [0, 0.05) is 17.5 Å². The molecule has 0 atom stereocenters. The summed E-state index contributed by atoms with van der Waals surface area (Å²) < 4.78 is 8.18. The van der Waals surface area contributed by atoms with Gasteiger partial charge in [-0.05, 0) is 53.0 Å². The fourth-order valence-electron chi connectivity index (χ4n) is 5.26. The topological polar surface area (TPSA) is 111 Å². The van der Waals surface area contributed by atoms with Crippen LogP contribution in [0.1, 0.15) is 69.3 Å². The molecule has 0 aliphatic carbocycles. The van der Waals surface area contributed by atoms with Crippen LogP contribution in [0.15, 0.2) is 93.2 Å². The predicted molar refractivity (Wildman–Crippen MR) is 184 cm³/mol. The fraction of sp³-hybridized carbons (Fsp3) is 0.286. The molecule has 10 heteroatoms. The molecule has 0 aliphatic heterocycles. The molecule has 0 saturated heterocycles. The Morgan fingerprint density at radius 3 is 2.18 bits per heavy atom. The average Bonchev–Trinajstić information content (AvgIpc) is 3.74. The Balaban J connectivity index is 0.00000111. The summed E-state index contributed by atoms with van der Waals surface area (Å²) in [6.07, 6.45) is 5.23. The van der Waals surface area contributed by atoms with Gasteiger partial charge in [-0.15, -0.1) is 0 Å². The van der Waals surface area contributed by atoms with Crippen molar-refractivity contribution in [3.05, 3.63) is 122 Å². The van der Waals surface area contributed by atoms with Gasteiger partial charge in [0.25, 0.3) is 5.56 Å². The van der Waals surface area contributed by atoms with Crippen LogP contribution in [-0.4, -0.2) is 35.6 Å². The minimum absolute atomic E-state index is 0.0874. The van der Waals surface area contributed by atoms with E-state index in [0.717, 1.165) is 40.1 Å². The summed E-state index contributed by atoms with van der Waals surface area (Å²) in [6, 6.07) is 23.8. The molecule has 6 rings (SSSR count). The first-order valence-electron chi connectivity index (χ1n) is 15.2. The Hall–Kier alpha value is -4.70. The van der Waals surface area contributed by atoms with Crippen molar-refractivity contribution in [3.8, 4) is 28.2 Å². The summed E-state index contributed by atoms with van der Waals surface area (Å²) in [7, 11) is 0. The van der Waals surface area contributed by atoms with Gasteiger partial charge < -0.3 is 0 Å². The number of H-pyrrole nitrogens is 1. The van der Waals surface area contributed by atoms with Crippen LogP contribution in [0.5, 0.6) is 0 Å². The Labute approximate surface area is 268 Å². The van der Waals surface area contributed by atoms with E-state index >= 15 is 0 Å². The molecule has 6 aromatic rings. The molecule has 0 fully saturated rings. The third kappa shape index (κ3) is 7.01. The van der Waals surface area contributed by atoms with Gasteiger partial charge in [-0.2, -0.15) is 22.7 Å². The maximum Gasteiger partial charge on any atom is 0.439 e. The zero-order valence-corrected chi connectivity index (χ0v) is 27.5. The van der Waals surface area contributed by atoms with Crippen LogP contribution >= 0.6 is 12.6 Å². The number of aromatic nitrogens is 6. The van der Waals surface area contributed by atoms with E-state index in [1.807, 2.05) is 74.5 Å². The van der Waals surface area contributed by atoms with Crippen molar-refractivity contribution in [2.24, 2.45) is 0 Å². The first-order chi connectivity index (χ1) is 21.9. The van der Waals surface area contributed by atoms with Gasteiger partial charge >= 0.3 is 5.76 Å². The van der Waals surface area contributed by atoms with E-state index < -0.39 is 5.76 Å². The van der Waals surface area contributed by atoms with E-state index in [4.69, 9.17) is 4.52 Å². The second-order valence-corrected chi connectivity index (χ2v) is 10.4. The lowest BCUT2D eigenvalue weighted by Gasteiger charge is -2.16. The van der Waals surface area contributed by atoms with Crippen LogP contribution in [0.3, 0.4) is 0 Å². The molecule has 3 heterocycles. The highest BCUT2D eigenvalue weighted by molar-refractivity contribution is 7.79. The van der Waals surface area contributed by atoms with Gasteiger partial charge in [0.1, 0.15) is 6.33 Å². The van der Waals surface area contributed by atoms with Gasteiger partial charge in [-0.1, -0.05) is 107 Å². The number of aryl methyl sites for hydroxylation is 1. The quantitative estimate of drug-likeness (QED) is 0.174. The summed E-state index contributed by atoms with van der Waals surface area (Å²) in [4.78, 5) is 32.8. The van der Waals surface area contributed by atoms with Crippen molar-refractivity contribution in [1.29, 1.82) is 0 Å². The van der Waals surface area contributed by atoms with Crippen LogP contribution in [0.2, 0.25) is 0 Å². The van der Waals surface area contributed by atoms with Crippen LogP contribution in [0, 0.1) is 0 Å². The molecule has 0 spiro atoms. The summed E-state index contributed by atoms with van der Waals surface area (Å²) >= 11 is 3.53. The summed E-state index contributed by atoms with van der Waals surface area (Å²) in [5, 5.41) is 8.37. The molecule has 3 aromatic carbocycles. The highest BCUT2D eigenvalue weighted by Crippen LogP contribution is 2.30. The van der Waals surface area contributed by atoms with Crippen LogP contribution in [0.4, 0.5) is 0 Å². The van der Waals surface area contributed by atoms with Crippen LogP contribution in [-0.2, 0) is 12.8 Å². The number of aromatic amines is 1. The van der Waals surface area contributed by atoms with Crippen molar-refractivity contribution in [2.75, 3.05) is 6.26 Å². The van der Waals surface area contributed by atoms with Crippen LogP contribution < -0.4 is 11.3 Å². The fourth-order valence-corrected chi connectivity index (χ4v) is 5.26. The first kappa shape index (κ1) is 33.2. The normalized spacial score (nSPS) is 10.8. The SMILES string of the molecule is CC.CCCc1c(Cc2ccc(-c3ccccc3-c3noc(=O)[nH]3)cc2)c(=O)n(-c2ccc(C(C)C)cc2)c2ncnn12.CS. The summed E-state index contributed by atoms with van der Waals surface area (Å²) in [5.41, 5.74) is 7.09. The number of hydrogen-bond acceptors (Lipinski definition) is 7. The molecule has 1 N–H and O–H groups in total. The highest BCUT2D eigenvalue weighted by atomic mass is 32.1. The van der Waals surface area contributed by atoms with Gasteiger partial charge in [0.05, 0.1) is 11.4 Å². The maximum atomic E-state index is 14.1. The highest BCUT2D eigenvalue weighted by Gasteiger charge is 2.20. The van der Waals surface area contributed by atoms with Crippen molar-refractivity contribution in [1.82, 2.24) is 29.3 Å². The molecule has 0 amide bonds. The van der Waals surface area contributed by atoms with Crippen molar-refractivity contribution < 1.29 is 4.52 Å². The van der Waals surface area contributed by atoms with Crippen molar-refractivity contribution >= 4 is 18.4 Å². The maximum absolute atomic E-state index is 14.1. The predicted octanol–water partition coefficient (Wildman–Crippen LogP) is 7.13. The Morgan fingerprint density at radius 1 is 0.911 bits per heavy atom. The largest absolute Gasteiger partial charge is 0.439 e. The van der Waals surface area contributed by atoms with E-state index in [2.05, 4.69) is 65.8 Å². The van der Waals surface area contributed by atoms with E-state index in [9.17, 15) is 9.59 Å². The summed E-state index contributed by atoms with van der Waals surface area (Å²) in [5.74, 6) is 0.683. The van der Waals surface area contributed by atoms with E-state index in [-0.39, 0.29) is 5.56 Å². The van der Waals surface area contributed by atoms with E-state index in [1.54, 1.807) is 15.3 Å². The summed E-state index contributed by atoms with van der Waals surface area (Å²) in [6.45, 7) is 10.4. The zero-order chi connectivity index (χ0) is 32.5. The Bertz CT molecular complexity index is 1950. The molecular formula is C35H40N6O3S. The van der Waals surface area contributed by atoms with Gasteiger partial charge in [-0.3, -0.25) is 14.3 Å². The third-order valence-electron chi connectivity index (χ3n) is 7.37. The molecule has 0 unspecified atom stereocenters. The number of hydrogen-bond donors (Lipinski definition) is 2. The molecule has 0 saturated carbocycles. The minimum Gasteiger partial charge on any atom is -0.296 e. The van der Waals surface area contributed by atoms with E-state index in [1.165, 1.54) is 11.9 Å². The van der Waals surface area contributed by atoms with Gasteiger partial charge in [0.2, 0.25) is 5.78 Å². The second kappa shape index (κ2) is 15.3.